The Morgan fingerprint density at radius 1 is 0.979 bits per heavy atom. The summed E-state index contributed by atoms with van der Waals surface area (Å²) in [5.41, 5.74) is 2.51. The third-order valence-electron chi connectivity index (χ3n) is 7.42. The molecule has 47 heavy (non-hydrogen) atoms. The number of hydrogen-bond donors (Lipinski definition) is 2. The van der Waals surface area contributed by atoms with Crippen LogP contribution in [0.1, 0.15) is 64.2 Å². The number of esters is 1. The van der Waals surface area contributed by atoms with E-state index in [9.17, 15) is 14.4 Å². The first-order chi connectivity index (χ1) is 22.8. The lowest BCUT2D eigenvalue weighted by atomic mass is 10.1. The first kappa shape index (κ1) is 33.8. The van der Waals surface area contributed by atoms with Gasteiger partial charge in [-0.2, -0.15) is 0 Å². The van der Waals surface area contributed by atoms with Gasteiger partial charge in [0, 0.05) is 22.2 Å². The lowest BCUT2D eigenvalue weighted by Gasteiger charge is -2.15. The fourth-order valence-electron chi connectivity index (χ4n) is 5.15. The number of thioether (sulfide) groups is 1. The standard InChI is InChI=1S/C33H37N5O7S2/c1-6-44-22-13-11-21(12-14-22)38-27(18-34-30(40)20-15-23(42-4)17-24(16-20)43-5)36-37-33(38)46-19(3)29(39)35-31-28(32(41)45-7-2)25-9-8-10-26(25)47-31/h11-17,19H,6-10,18H2,1-5H3,(H,34,40)(H,35,39)/t19-/m1/s1. The molecule has 2 aromatic carbocycles. The smallest absolute Gasteiger partial charge is 0.341 e. The van der Waals surface area contributed by atoms with Crippen LogP contribution in [0.4, 0.5) is 5.00 Å². The number of benzene rings is 2. The minimum atomic E-state index is -0.612. The van der Waals surface area contributed by atoms with Crippen molar-refractivity contribution in [3.05, 3.63) is 69.9 Å². The Bertz CT molecular complexity index is 1730. The molecule has 2 N–H and O–H groups in total. The van der Waals surface area contributed by atoms with Crippen molar-refractivity contribution in [2.75, 3.05) is 32.8 Å². The van der Waals surface area contributed by atoms with Gasteiger partial charge in [0.05, 0.1) is 44.8 Å². The van der Waals surface area contributed by atoms with Crippen molar-refractivity contribution in [1.29, 1.82) is 0 Å². The maximum atomic E-state index is 13.5. The number of methoxy groups -OCH3 is 2. The number of amides is 2. The molecule has 0 radical (unpaired) electrons. The molecule has 0 aliphatic heterocycles. The maximum Gasteiger partial charge on any atom is 0.341 e. The van der Waals surface area contributed by atoms with Gasteiger partial charge in [0.2, 0.25) is 5.91 Å². The molecule has 2 heterocycles. The molecule has 4 aromatic rings. The van der Waals surface area contributed by atoms with Crippen LogP contribution < -0.4 is 24.8 Å². The molecule has 14 heteroatoms. The van der Waals surface area contributed by atoms with Crippen LogP contribution in [0.5, 0.6) is 17.2 Å². The van der Waals surface area contributed by atoms with Gasteiger partial charge < -0.3 is 29.6 Å². The largest absolute Gasteiger partial charge is 0.497 e. The van der Waals surface area contributed by atoms with E-state index in [4.69, 9.17) is 18.9 Å². The van der Waals surface area contributed by atoms with Crippen LogP contribution in [0.25, 0.3) is 5.69 Å². The summed E-state index contributed by atoms with van der Waals surface area (Å²) in [5.74, 6) is 1.06. The second-order valence-electron chi connectivity index (χ2n) is 10.5. The zero-order valence-corrected chi connectivity index (χ0v) is 28.5. The molecule has 0 saturated carbocycles. The van der Waals surface area contributed by atoms with Crippen LogP contribution in [-0.2, 0) is 28.9 Å². The number of fused-ring (bicyclic) bond motifs is 1. The Kier molecular flexibility index (Phi) is 11.0. The minimum absolute atomic E-state index is 0.0450. The fourth-order valence-corrected chi connectivity index (χ4v) is 7.31. The molecule has 0 fully saturated rings. The summed E-state index contributed by atoms with van der Waals surface area (Å²) in [7, 11) is 3.03. The van der Waals surface area contributed by atoms with E-state index in [1.165, 1.54) is 37.3 Å². The van der Waals surface area contributed by atoms with Gasteiger partial charge in [-0.25, -0.2) is 4.79 Å². The number of ether oxygens (including phenoxy) is 4. The highest BCUT2D eigenvalue weighted by Crippen LogP contribution is 2.40. The molecule has 2 amide bonds. The van der Waals surface area contributed by atoms with Gasteiger partial charge in [0.25, 0.3) is 5.91 Å². The third kappa shape index (κ3) is 7.71. The normalized spacial score (nSPS) is 12.6. The Labute approximate surface area is 281 Å². The van der Waals surface area contributed by atoms with Crippen molar-refractivity contribution in [2.45, 2.75) is 57.0 Å². The summed E-state index contributed by atoms with van der Waals surface area (Å²) >= 11 is 2.65. The van der Waals surface area contributed by atoms with Crippen LogP contribution in [0.2, 0.25) is 0 Å². The molecule has 0 unspecified atom stereocenters. The Morgan fingerprint density at radius 2 is 1.70 bits per heavy atom. The quantitative estimate of drug-likeness (QED) is 0.130. The number of nitrogens with zero attached hydrogens (tertiary/aromatic N) is 3. The van der Waals surface area contributed by atoms with Crippen molar-refractivity contribution in [2.24, 2.45) is 0 Å². The predicted octanol–water partition coefficient (Wildman–Crippen LogP) is 5.46. The molecule has 0 bridgehead atoms. The van der Waals surface area contributed by atoms with Crippen LogP contribution in [0, 0.1) is 0 Å². The Morgan fingerprint density at radius 3 is 2.36 bits per heavy atom. The summed E-state index contributed by atoms with van der Waals surface area (Å²) in [4.78, 5) is 40.6. The number of aromatic nitrogens is 3. The lowest BCUT2D eigenvalue weighted by molar-refractivity contribution is -0.115. The van der Waals surface area contributed by atoms with Gasteiger partial charge in [-0.15, -0.1) is 21.5 Å². The van der Waals surface area contributed by atoms with Gasteiger partial charge in [0.1, 0.15) is 22.2 Å². The number of carbonyl (C=O) groups is 3. The van der Waals surface area contributed by atoms with E-state index in [1.807, 2.05) is 31.2 Å². The highest BCUT2D eigenvalue weighted by atomic mass is 32.2. The molecule has 1 aliphatic carbocycles. The number of carbonyl (C=O) groups excluding carboxylic acids is 3. The van der Waals surface area contributed by atoms with Crippen LogP contribution in [0.3, 0.4) is 0 Å². The van der Waals surface area contributed by atoms with E-state index in [0.717, 1.165) is 35.4 Å². The molecule has 1 atom stereocenters. The first-order valence-corrected chi connectivity index (χ1v) is 16.9. The zero-order chi connectivity index (χ0) is 33.5. The molecule has 0 spiro atoms. The molecular formula is C33H37N5O7S2. The highest BCUT2D eigenvalue weighted by molar-refractivity contribution is 8.00. The van der Waals surface area contributed by atoms with E-state index in [0.29, 0.717) is 51.0 Å². The van der Waals surface area contributed by atoms with Crippen LogP contribution in [0.15, 0.2) is 47.6 Å². The van der Waals surface area contributed by atoms with Crippen molar-refractivity contribution in [3.63, 3.8) is 0 Å². The molecule has 5 rings (SSSR count). The maximum absolute atomic E-state index is 13.5. The average molecular weight is 680 g/mol. The average Bonchev–Trinajstić information content (AvgIpc) is 3.78. The number of thiophene rings is 1. The molecular weight excluding hydrogens is 643 g/mol. The van der Waals surface area contributed by atoms with Gasteiger partial charge in [-0.1, -0.05) is 11.8 Å². The van der Waals surface area contributed by atoms with E-state index >= 15 is 0 Å². The van der Waals surface area contributed by atoms with Crippen molar-refractivity contribution in [1.82, 2.24) is 20.1 Å². The topological polar surface area (TPSA) is 143 Å². The summed E-state index contributed by atoms with van der Waals surface area (Å²) in [6, 6.07) is 12.3. The van der Waals surface area contributed by atoms with Gasteiger partial charge in [-0.05, 0) is 82.0 Å². The first-order valence-electron chi connectivity index (χ1n) is 15.2. The SMILES string of the molecule is CCOC(=O)c1c(NC(=O)[C@@H](C)Sc2nnc(CNC(=O)c3cc(OC)cc(OC)c3)n2-c2ccc(OCC)cc2)sc2c1CCC2. The number of hydrogen-bond acceptors (Lipinski definition) is 11. The van der Waals surface area contributed by atoms with E-state index in [2.05, 4.69) is 20.8 Å². The van der Waals surface area contributed by atoms with Crippen molar-refractivity contribution < 1.29 is 33.3 Å². The van der Waals surface area contributed by atoms with Gasteiger partial charge in [0.15, 0.2) is 11.0 Å². The molecule has 0 saturated heterocycles. The summed E-state index contributed by atoms with van der Waals surface area (Å²) < 4.78 is 23.3. The van der Waals surface area contributed by atoms with Crippen molar-refractivity contribution >= 4 is 45.9 Å². The second kappa shape index (κ2) is 15.4. The third-order valence-corrected chi connectivity index (χ3v) is 9.67. The molecule has 1 aliphatic rings. The highest BCUT2D eigenvalue weighted by Gasteiger charge is 2.30. The Hall–Kier alpha value is -4.56. The summed E-state index contributed by atoms with van der Waals surface area (Å²) in [5, 5.41) is 15.0. The number of anilines is 1. The monoisotopic (exact) mass is 679 g/mol. The van der Waals surface area contributed by atoms with Gasteiger partial charge in [-0.3, -0.25) is 14.2 Å². The van der Waals surface area contributed by atoms with Crippen LogP contribution in [-0.4, -0.2) is 65.2 Å². The van der Waals surface area contributed by atoms with E-state index in [1.54, 1.807) is 36.6 Å². The molecule has 12 nitrogen and oxygen atoms in total. The lowest BCUT2D eigenvalue weighted by Crippen LogP contribution is -2.25. The van der Waals surface area contributed by atoms with E-state index < -0.39 is 11.2 Å². The Balaban J connectivity index is 1.38. The zero-order valence-electron chi connectivity index (χ0n) is 26.9. The summed E-state index contributed by atoms with van der Waals surface area (Å²) in [6.07, 6.45) is 2.64. The summed E-state index contributed by atoms with van der Waals surface area (Å²) in [6.45, 7) is 6.26. The number of aryl methyl sites for hydroxylation is 1. The minimum Gasteiger partial charge on any atom is -0.497 e. The van der Waals surface area contributed by atoms with Crippen LogP contribution >= 0.6 is 23.1 Å². The molecule has 2 aromatic heterocycles. The van der Waals surface area contributed by atoms with E-state index in [-0.39, 0.29) is 25.0 Å². The van der Waals surface area contributed by atoms with Crippen molar-refractivity contribution in [3.8, 4) is 22.9 Å². The second-order valence-corrected chi connectivity index (χ2v) is 12.9. The predicted molar refractivity (Wildman–Crippen MR) is 179 cm³/mol. The fraction of sp³-hybridized carbons (Fsp3) is 0.364. The number of nitrogens with one attached hydrogen (secondary N) is 2. The van der Waals surface area contributed by atoms with Gasteiger partial charge >= 0.3 is 5.97 Å². The number of rotatable bonds is 14. The molecule has 248 valence electrons.